The molecule has 0 aromatic heterocycles. The van der Waals surface area contributed by atoms with Crippen LogP contribution in [0.5, 0.6) is 0 Å². The molecule has 0 heterocycles. The van der Waals surface area contributed by atoms with E-state index in [4.69, 9.17) is 0 Å². The van der Waals surface area contributed by atoms with Gasteiger partial charge in [-0.15, -0.1) is 0 Å². The second-order valence-corrected chi connectivity index (χ2v) is 5.22. The second kappa shape index (κ2) is 6.53. The summed E-state index contributed by atoms with van der Waals surface area (Å²) in [6, 6.07) is 15.9. The van der Waals surface area contributed by atoms with Crippen molar-refractivity contribution >= 4 is 27.4 Å². The van der Waals surface area contributed by atoms with Crippen molar-refractivity contribution in [2.45, 2.75) is 19.9 Å². The first-order valence-corrected chi connectivity index (χ1v) is 7.10. The molecular formula is C16H16BrNO. The standard InChI is InChI=1S/C16H16BrNO/c1-2-16(19)14-9-8-13(17)10-15(14)18-11-12-6-4-3-5-7-12/h3-10,18H,2,11H2,1H3. The highest BCUT2D eigenvalue weighted by Gasteiger charge is 2.09. The molecule has 0 saturated heterocycles. The van der Waals surface area contributed by atoms with Crippen molar-refractivity contribution in [2.75, 3.05) is 5.32 Å². The van der Waals surface area contributed by atoms with Crippen molar-refractivity contribution in [3.05, 3.63) is 64.1 Å². The van der Waals surface area contributed by atoms with E-state index in [0.717, 1.165) is 15.7 Å². The van der Waals surface area contributed by atoms with Gasteiger partial charge in [-0.25, -0.2) is 0 Å². The lowest BCUT2D eigenvalue weighted by Gasteiger charge is -2.11. The van der Waals surface area contributed by atoms with Crippen LogP contribution < -0.4 is 5.32 Å². The van der Waals surface area contributed by atoms with Crippen LogP contribution >= 0.6 is 15.9 Å². The van der Waals surface area contributed by atoms with E-state index in [1.165, 1.54) is 5.56 Å². The topological polar surface area (TPSA) is 29.1 Å². The molecule has 0 aliphatic rings. The SMILES string of the molecule is CCC(=O)c1ccc(Br)cc1NCc1ccccc1. The van der Waals surface area contributed by atoms with Crippen LogP contribution in [0.25, 0.3) is 0 Å². The molecule has 0 amide bonds. The number of rotatable bonds is 5. The normalized spacial score (nSPS) is 10.2. The van der Waals surface area contributed by atoms with E-state index in [1.807, 2.05) is 43.3 Å². The summed E-state index contributed by atoms with van der Waals surface area (Å²) in [5.41, 5.74) is 2.82. The lowest BCUT2D eigenvalue weighted by atomic mass is 10.1. The Morgan fingerprint density at radius 1 is 1.16 bits per heavy atom. The summed E-state index contributed by atoms with van der Waals surface area (Å²) in [5.74, 6) is 0.156. The third-order valence-corrected chi connectivity index (χ3v) is 3.42. The third-order valence-electron chi connectivity index (χ3n) is 2.93. The minimum atomic E-state index is 0.156. The first-order valence-electron chi connectivity index (χ1n) is 6.31. The van der Waals surface area contributed by atoms with Crippen molar-refractivity contribution in [3.63, 3.8) is 0 Å². The average molecular weight is 318 g/mol. The molecule has 3 heteroatoms. The Hall–Kier alpha value is -1.61. The fourth-order valence-corrected chi connectivity index (χ4v) is 2.25. The maximum Gasteiger partial charge on any atom is 0.164 e. The van der Waals surface area contributed by atoms with E-state index in [-0.39, 0.29) is 5.78 Å². The van der Waals surface area contributed by atoms with Gasteiger partial charge in [0.15, 0.2) is 5.78 Å². The number of anilines is 1. The van der Waals surface area contributed by atoms with Gasteiger partial charge in [-0.1, -0.05) is 53.2 Å². The zero-order valence-electron chi connectivity index (χ0n) is 10.8. The van der Waals surface area contributed by atoms with Gasteiger partial charge in [-0.2, -0.15) is 0 Å². The molecule has 0 aliphatic heterocycles. The molecule has 0 aliphatic carbocycles. The highest BCUT2D eigenvalue weighted by molar-refractivity contribution is 9.10. The maximum absolute atomic E-state index is 11.9. The number of Topliss-reactive ketones (excluding diaryl/α,β-unsaturated/α-hetero) is 1. The van der Waals surface area contributed by atoms with Gasteiger partial charge < -0.3 is 5.32 Å². The average Bonchev–Trinajstić information content (AvgIpc) is 2.45. The predicted molar refractivity (Wildman–Crippen MR) is 82.5 cm³/mol. The van der Waals surface area contributed by atoms with Gasteiger partial charge in [-0.05, 0) is 23.8 Å². The molecule has 0 fully saturated rings. The Morgan fingerprint density at radius 2 is 1.89 bits per heavy atom. The number of halogens is 1. The largest absolute Gasteiger partial charge is 0.380 e. The smallest absolute Gasteiger partial charge is 0.164 e. The molecule has 0 radical (unpaired) electrons. The lowest BCUT2D eigenvalue weighted by Crippen LogP contribution is -2.06. The van der Waals surface area contributed by atoms with Crippen LogP contribution in [-0.4, -0.2) is 5.78 Å². The molecule has 0 atom stereocenters. The quantitative estimate of drug-likeness (QED) is 0.813. The van der Waals surface area contributed by atoms with Crippen LogP contribution in [0.3, 0.4) is 0 Å². The molecule has 2 aromatic rings. The van der Waals surface area contributed by atoms with Crippen LogP contribution in [0.4, 0.5) is 5.69 Å². The molecule has 2 nitrogen and oxygen atoms in total. The van der Waals surface area contributed by atoms with Crippen LogP contribution in [0.15, 0.2) is 53.0 Å². The van der Waals surface area contributed by atoms with E-state index < -0.39 is 0 Å². The summed E-state index contributed by atoms with van der Waals surface area (Å²) in [6.07, 6.45) is 0.516. The summed E-state index contributed by atoms with van der Waals surface area (Å²) in [5, 5.41) is 3.33. The fourth-order valence-electron chi connectivity index (χ4n) is 1.89. The molecule has 98 valence electrons. The van der Waals surface area contributed by atoms with E-state index in [9.17, 15) is 4.79 Å². The predicted octanol–water partition coefficient (Wildman–Crippen LogP) is 4.65. The summed E-state index contributed by atoms with van der Waals surface area (Å²) >= 11 is 3.44. The molecule has 0 bridgehead atoms. The number of carbonyl (C=O) groups excluding carboxylic acids is 1. The summed E-state index contributed by atoms with van der Waals surface area (Å²) in [7, 11) is 0. The minimum Gasteiger partial charge on any atom is -0.380 e. The zero-order chi connectivity index (χ0) is 13.7. The molecule has 2 aromatic carbocycles. The van der Waals surface area contributed by atoms with Crippen LogP contribution in [-0.2, 0) is 6.54 Å². The highest BCUT2D eigenvalue weighted by atomic mass is 79.9. The van der Waals surface area contributed by atoms with Crippen molar-refractivity contribution in [3.8, 4) is 0 Å². The molecular weight excluding hydrogens is 302 g/mol. The van der Waals surface area contributed by atoms with Crippen molar-refractivity contribution in [1.82, 2.24) is 0 Å². The summed E-state index contributed by atoms with van der Waals surface area (Å²) < 4.78 is 0.968. The monoisotopic (exact) mass is 317 g/mol. The number of hydrogen-bond donors (Lipinski definition) is 1. The Bertz CT molecular complexity index is 566. The molecule has 19 heavy (non-hydrogen) atoms. The lowest BCUT2D eigenvalue weighted by molar-refractivity contribution is 0.0989. The first kappa shape index (κ1) is 13.8. The molecule has 0 unspecified atom stereocenters. The summed E-state index contributed by atoms with van der Waals surface area (Å²) in [6.45, 7) is 2.59. The van der Waals surface area contributed by atoms with Gasteiger partial charge in [0.1, 0.15) is 0 Å². The molecule has 1 N–H and O–H groups in total. The van der Waals surface area contributed by atoms with Crippen molar-refractivity contribution in [2.24, 2.45) is 0 Å². The van der Waals surface area contributed by atoms with Crippen molar-refractivity contribution in [1.29, 1.82) is 0 Å². The second-order valence-electron chi connectivity index (χ2n) is 4.31. The van der Waals surface area contributed by atoms with Crippen LogP contribution in [0.1, 0.15) is 29.3 Å². The zero-order valence-corrected chi connectivity index (χ0v) is 12.4. The van der Waals surface area contributed by atoms with E-state index >= 15 is 0 Å². The Kier molecular flexibility index (Phi) is 4.74. The maximum atomic E-state index is 11.9. The van der Waals surface area contributed by atoms with E-state index in [0.29, 0.717) is 13.0 Å². The Labute approximate surface area is 122 Å². The van der Waals surface area contributed by atoms with E-state index in [1.54, 1.807) is 0 Å². The van der Waals surface area contributed by atoms with Gasteiger partial charge in [0.2, 0.25) is 0 Å². The summed E-state index contributed by atoms with van der Waals surface area (Å²) in [4.78, 5) is 11.9. The van der Waals surface area contributed by atoms with Gasteiger partial charge in [-0.3, -0.25) is 4.79 Å². The van der Waals surface area contributed by atoms with Gasteiger partial charge in [0.25, 0.3) is 0 Å². The Balaban J connectivity index is 2.19. The molecule has 0 saturated carbocycles. The van der Waals surface area contributed by atoms with Crippen molar-refractivity contribution < 1.29 is 4.79 Å². The number of nitrogens with one attached hydrogen (secondary N) is 1. The number of benzene rings is 2. The van der Waals surface area contributed by atoms with Gasteiger partial charge in [0, 0.05) is 28.7 Å². The number of carbonyl (C=O) groups is 1. The van der Waals surface area contributed by atoms with E-state index in [2.05, 4.69) is 33.4 Å². The van der Waals surface area contributed by atoms with Crippen LogP contribution in [0, 0.1) is 0 Å². The number of hydrogen-bond acceptors (Lipinski definition) is 2. The highest BCUT2D eigenvalue weighted by Crippen LogP contribution is 2.23. The molecule has 0 spiro atoms. The first-order chi connectivity index (χ1) is 9.20. The van der Waals surface area contributed by atoms with Gasteiger partial charge in [0.05, 0.1) is 0 Å². The minimum absolute atomic E-state index is 0.156. The Morgan fingerprint density at radius 3 is 2.58 bits per heavy atom. The third kappa shape index (κ3) is 3.67. The number of ketones is 1. The van der Waals surface area contributed by atoms with Crippen LogP contribution in [0.2, 0.25) is 0 Å². The fraction of sp³-hybridized carbons (Fsp3) is 0.188. The van der Waals surface area contributed by atoms with Gasteiger partial charge >= 0.3 is 0 Å². The molecule has 2 rings (SSSR count).